The van der Waals surface area contributed by atoms with E-state index in [9.17, 15) is 40.1 Å². The van der Waals surface area contributed by atoms with Gasteiger partial charge in [-0.15, -0.1) is 0 Å². The van der Waals surface area contributed by atoms with Crippen LogP contribution < -0.4 is 10.1 Å². The predicted octanol–water partition coefficient (Wildman–Crippen LogP) is -1.88. The fourth-order valence-corrected chi connectivity index (χ4v) is 3.06. The van der Waals surface area contributed by atoms with E-state index in [0.29, 0.717) is 0 Å². The topological polar surface area (TPSA) is 209 Å². The lowest BCUT2D eigenvalue weighted by Crippen LogP contribution is -2.68. The van der Waals surface area contributed by atoms with E-state index < -0.39 is 66.1 Å². The number of nitrogens with zero attached hydrogens (tertiary/aromatic N) is 1. The van der Waals surface area contributed by atoms with Crippen LogP contribution in [-0.2, 0) is 14.3 Å². The summed E-state index contributed by atoms with van der Waals surface area (Å²) in [6.07, 6.45) is -7.65. The van der Waals surface area contributed by atoms with E-state index in [0.717, 1.165) is 31.2 Å². The Balaban J connectivity index is 2.40. The van der Waals surface area contributed by atoms with E-state index >= 15 is 0 Å². The fourth-order valence-electron chi connectivity index (χ4n) is 3.06. The van der Waals surface area contributed by atoms with Gasteiger partial charge in [0, 0.05) is 19.1 Å². The highest BCUT2D eigenvalue weighted by Crippen LogP contribution is 2.35. The van der Waals surface area contributed by atoms with Gasteiger partial charge in [0.15, 0.2) is 0 Å². The van der Waals surface area contributed by atoms with Gasteiger partial charge in [0.2, 0.25) is 5.91 Å². The molecule has 166 valence electrons. The molecule has 1 amide bonds. The van der Waals surface area contributed by atoms with Crippen molar-refractivity contribution in [2.75, 3.05) is 6.61 Å². The number of carboxylic acid groups (broad SMARTS) is 1. The summed E-state index contributed by atoms with van der Waals surface area (Å²) in [4.78, 5) is 33.5. The molecular formula is C17H22N2O11. The number of aliphatic hydroxyl groups excluding tert-OH is 4. The smallest absolute Gasteiger partial charge is 0.377 e. The molecule has 1 saturated heterocycles. The minimum atomic E-state index is -2.56. The Labute approximate surface area is 169 Å². The van der Waals surface area contributed by atoms with Crippen LogP contribution in [0.3, 0.4) is 0 Å². The van der Waals surface area contributed by atoms with Gasteiger partial charge in [-0.25, -0.2) is 4.79 Å². The Morgan fingerprint density at radius 1 is 1.37 bits per heavy atom. The first-order valence-corrected chi connectivity index (χ1v) is 8.77. The number of non-ortho nitro benzene ring substituents is 1. The number of aliphatic hydroxyl groups is 4. The molecular weight excluding hydrogens is 408 g/mol. The van der Waals surface area contributed by atoms with Gasteiger partial charge in [0.25, 0.3) is 5.69 Å². The lowest BCUT2D eigenvalue weighted by Gasteiger charge is -2.46. The molecule has 30 heavy (non-hydrogen) atoms. The number of rotatable bonds is 8. The van der Waals surface area contributed by atoms with Gasteiger partial charge in [-0.05, 0) is 12.1 Å². The minimum Gasteiger partial charge on any atom is -0.476 e. The number of hydrogen-bond donors (Lipinski definition) is 6. The number of carbonyl (C=O) groups excluding carboxylic acids is 1. The second-order valence-electron chi connectivity index (χ2n) is 6.73. The van der Waals surface area contributed by atoms with E-state index in [1.54, 1.807) is 0 Å². The molecule has 1 aliphatic rings. The van der Waals surface area contributed by atoms with Crippen LogP contribution in [0.2, 0.25) is 0 Å². The van der Waals surface area contributed by atoms with Crippen molar-refractivity contribution < 1.29 is 49.5 Å². The summed E-state index contributed by atoms with van der Waals surface area (Å²) < 4.78 is 10.8. The summed E-state index contributed by atoms with van der Waals surface area (Å²) in [5.74, 6) is -5.04. The maximum absolute atomic E-state index is 12.0. The second kappa shape index (κ2) is 9.32. The lowest BCUT2D eigenvalue weighted by molar-refractivity contribution is -0.384. The molecule has 1 heterocycles. The minimum absolute atomic E-state index is 0.149. The van der Waals surface area contributed by atoms with Crippen LogP contribution in [0.25, 0.3) is 0 Å². The normalized spacial score (nSPS) is 28.2. The number of carboxylic acids is 1. The molecule has 6 N–H and O–H groups in total. The van der Waals surface area contributed by atoms with Gasteiger partial charge >= 0.3 is 11.8 Å². The Morgan fingerprint density at radius 3 is 2.43 bits per heavy atom. The first-order chi connectivity index (χ1) is 14.0. The fraction of sp³-hybridized carbons (Fsp3) is 0.529. The largest absolute Gasteiger partial charge is 0.476 e. The molecule has 13 nitrogen and oxygen atoms in total. The van der Waals surface area contributed by atoms with Crippen LogP contribution >= 0.6 is 0 Å². The molecule has 1 aliphatic heterocycles. The van der Waals surface area contributed by atoms with Crippen LogP contribution in [0.5, 0.6) is 5.75 Å². The highest BCUT2D eigenvalue weighted by molar-refractivity contribution is 5.77. The van der Waals surface area contributed by atoms with E-state index in [2.05, 4.69) is 5.32 Å². The van der Waals surface area contributed by atoms with Gasteiger partial charge in [-0.2, -0.15) is 0 Å². The van der Waals surface area contributed by atoms with Crippen molar-refractivity contribution in [3.8, 4) is 5.75 Å². The number of benzene rings is 1. The van der Waals surface area contributed by atoms with Crippen LogP contribution in [0.15, 0.2) is 24.3 Å². The van der Waals surface area contributed by atoms with Gasteiger partial charge < -0.3 is 40.3 Å². The third-order valence-electron chi connectivity index (χ3n) is 4.52. The molecule has 0 saturated carbocycles. The summed E-state index contributed by atoms with van der Waals surface area (Å²) in [5, 5.41) is 62.5. The van der Waals surface area contributed by atoms with E-state index in [1.165, 1.54) is 0 Å². The summed E-state index contributed by atoms with van der Waals surface area (Å²) in [5.41, 5.74) is -0.276. The molecule has 0 aromatic heterocycles. The third-order valence-corrected chi connectivity index (χ3v) is 4.52. The van der Waals surface area contributed by atoms with Crippen molar-refractivity contribution in [3.05, 3.63) is 34.4 Å². The second-order valence-corrected chi connectivity index (χ2v) is 6.73. The molecule has 2 rings (SSSR count). The van der Waals surface area contributed by atoms with E-state index in [1.807, 2.05) is 0 Å². The van der Waals surface area contributed by atoms with Gasteiger partial charge in [0.05, 0.1) is 30.1 Å². The SMILES string of the molecule is CC(=O)N[C@H]1[C@H]([C@H](O)[C@H](O)CO)O[C@@](Oc2ccc([N+](=O)[O-])cc2)(C(=O)O)C[C@@H]1O. The molecule has 0 radical (unpaired) electrons. The molecule has 1 fully saturated rings. The molecule has 0 spiro atoms. The zero-order valence-electron chi connectivity index (χ0n) is 15.7. The maximum atomic E-state index is 12.0. The molecule has 1 aromatic carbocycles. The van der Waals surface area contributed by atoms with E-state index in [-0.39, 0.29) is 11.4 Å². The van der Waals surface area contributed by atoms with Crippen molar-refractivity contribution in [2.24, 2.45) is 0 Å². The van der Waals surface area contributed by atoms with Crippen LogP contribution in [0.1, 0.15) is 13.3 Å². The summed E-state index contributed by atoms with van der Waals surface area (Å²) in [6.45, 7) is 0.207. The lowest BCUT2D eigenvalue weighted by atomic mass is 9.88. The number of nitrogens with one attached hydrogen (secondary N) is 1. The number of nitro benzene ring substituents is 1. The average molecular weight is 430 g/mol. The number of amides is 1. The number of aliphatic carboxylic acids is 1. The standard InChI is InChI=1S/C17H22N2O11/c1-8(21)18-13-11(22)6-17(16(25)26,30-15(13)14(24)12(23)7-20)29-10-4-2-9(3-5-10)19(27)28/h2-5,11-15,20,22-24H,6-7H2,1H3,(H,18,21)(H,25,26)/t11-,12+,13+,14+,15+,17+/m0/s1. The zero-order chi connectivity index (χ0) is 22.6. The number of hydrogen-bond acceptors (Lipinski definition) is 10. The highest BCUT2D eigenvalue weighted by atomic mass is 16.7. The molecule has 1 aromatic rings. The predicted molar refractivity (Wildman–Crippen MR) is 96.3 cm³/mol. The first-order valence-electron chi connectivity index (χ1n) is 8.77. The van der Waals surface area contributed by atoms with Crippen molar-refractivity contribution in [3.63, 3.8) is 0 Å². The average Bonchev–Trinajstić information content (AvgIpc) is 2.68. The Hall–Kier alpha value is -2.84. The quantitative estimate of drug-likeness (QED) is 0.199. The molecule has 6 atom stereocenters. The number of nitro groups is 1. The molecule has 0 aliphatic carbocycles. The van der Waals surface area contributed by atoms with Crippen LogP contribution in [-0.4, -0.2) is 85.2 Å². The van der Waals surface area contributed by atoms with Crippen molar-refractivity contribution in [1.82, 2.24) is 5.32 Å². The maximum Gasteiger partial charge on any atom is 0.377 e. The van der Waals surface area contributed by atoms with Crippen LogP contribution in [0.4, 0.5) is 5.69 Å². The van der Waals surface area contributed by atoms with E-state index in [4.69, 9.17) is 14.6 Å². The Bertz CT molecular complexity index is 786. The van der Waals surface area contributed by atoms with Gasteiger partial charge in [0.1, 0.15) is 24.1 Å². The van der Waals surface area contributed by atoms with Crippen molar-refractivity contribution >= 4 is 17.6 Å². The number of carbonyl (C=O) groups is 2. The summed E-state index contributed by atoms with van der Waals surface area (Å²) >= 11 is 0. The third kappa shape index (κ3) is 5.01. The van der Waals surface area contributed by atoms with Crippen LogP contribution in [0, 0.1) is 10.1 Å². The monoisotopic (exact) mass is 430 g/mol. The summed E-state index contributed by atoms with van der Waals surface area (Å²) in [7, 11) is 0. The van der Waals surface area contributed by atoms with Gasteiger partial charge in [-0.1, -0.05) is 0 Å². The molecule has 13 heteroatoms. The van der Waals surface area contributed by atoms with Crippen molar-refractivity contribution in [2.45, 2.75) is 49.6 Å². The Morgan fingerprint density at radius 2 is 1.97 bits per heavy atom. The number of ether oxygens (including phenoxy) is 2. The highest BCUT2D eigenvalue weighted by Gasteiger charge is 2.56. The first kappa shape index (κ1) is 23.4. The van der Waals surface area contributed by atoms with Crippen molar-refractivity contribution in [1.29, 1.82) is 0 Å². The molecule has 0 bridgehead atoms. The molecule has 0 unspecified atom stereocenters. The van der Waals surface area contributed by atoms with Gasteiger partial charge in [-0.3, -0.25) is 14.9 Å². The summed E-state index contributed by atoms with van der Waals surface area (Å²) in [6, 6.07) is 3.03. The Kier molecular flexibility index (Phi) is 7.28. The zero-order valence-corrected chi connectivity index (χ0v) is 15.7.